The van der Waals surface area contributed by atoms with E-state index in [-0.39, 0.29) is 6.61 Å². The molecule has 0 aliphatic carbocycles. The van der Waals surface area contributed by atoms with Gasteiger partial charge >= 0.3 is 5.97 Å². The summed E-state index contributed by atoms with van der Waals surface area (Å²) < 4.78 is 11.6. The van der Waals surface area contributed by atoms with Crippen molar-refractivity contribution in [2.24, 2.45) is 0 Å². The average Bonchev–Trinajstić information content (AvgIpc) is 2.90. The number of nitrogens with one attached hydrogen (secondary N) is 1. The van der Waals surface area contributed by atoms with Crippen LogP contribution in [0.15, 0.2) is 103 Å². The Morgan fingerprint density at radius 1 is 0.765 bits per heavy atom. The highest BCUT2D eigenvalue weighted by molar-refractivity contribution is 5.92. The van der Waals surface area contributed by atoms with Gasteiger partial charge in [0, 0.05) is 31.4 Å². The Morgan fingerprint density at radius 2 is 1.47 bits per heavy atom. The number of pyridine rings is 1. The minimum absolute atomic E-state index is 0.213. The zero-order valence-corrected chi connectivity index (χ0v) is 19.0. The first kappa shape index (κ1) is 23.2. The van der Waals surface area contributed by atoms with Gasteiger partial charge in [0.15, 0.2) is 0 Å². The third kappa shape index (κ3) is 7.02. The fourth-order valence-electron chi connectivity index (χ4n) is 3.50. The molecule has 0 spiro atoms. The zero-order valence-electron chi connectivity index (χ0n) is 19.0. The van der Waals surface area contributed by atoms with Crippen LogP contribution in [-0.2, 0) is 30.9 Å². The van der Waals surface area contributed by atoms with Crippen LogP contribution in [0.25, 0.3) is 0 Å². The van der Waals surface area contributed by atoms with Crippen molar-refractivity contribution in [3.8, 4) is 5.75 Å². The number of nitrogens with zero attached hydrogens (tertiary/aromatic N) is 1. The summed E-state index contributed by atoms with van der Waals surface area (Å²) in [4.78, 5) is 17.3. The second-order valence-corrected chi connectivity index (χ2v) is 7.91. The van der Waals surface area contributed by atoms with Gasteiger partial charge in [0.2, 0.25) is 0 Å². The number of esters is 1. The molecule has 0 saturated carbocycles. The first-order valence-electron chi connectivity index (χ1n) is 11.4. The molecule has 0 atom stereocenters. The Hall–Kier alpha value is -3.96. The normalized spacial score (nSPS) is 10.6. The maximum atomic E-state index is 13.0. The largest absolute Gasteiger partial charge is 0.488 e. The van der Waals surface area contributed by atoms with E-state index >= 15 is 0 Å². The molecule has 0 amide bonds. The summed E-state index contributed by atoms with van der Waals surface area (Å²) >= 11 is 0. The minimum Gasteiger partial charge on any atom is -0.488 e. The summed E-state index contributed by atoms with van der Waals surface area (Å²) in [5.41, 5.74) is 4.43. The molecular formula is C29H28N2O3. The Balaban J connectivity index is 1.42. The maximum Gasteiger partial charge on any atom is 0.342 e. The van der Waals surface area contributed by atoms with E-state index in [1.54, 1.807) is 6.20 Å². The smallest absolute Gasteiger partial charge is 0.342 e. The Morgan fingerprint density at radius 3 is 2.18 bits per heavy atom. The maximum absolute atomic E-state index is 13.0. The molecule has 1 heterocycles. The van der Waals surface area contributed by atoms with Gasteiger partial charge in [-0.15, -0.1) is 0 Å². The van der Waals surface area contributed by atoms with E-state index in [1.807, 2.05) is 97.1 Å². The molecule has 4 aromatic rings. The number of hydrogen-bond acceptors (Lipinski definition) is 5. The molecule has 5 nitrogen and oxygen atoms in total. The Bertz CT molecular complexity index is 1170. The van der Waals surface area contributed by atoms with Gasteiger partial charge in [-0.3, -0.25) is 4.98 Å². The zero-order chi connectivity index (χ0) is 23.4. The fraction of sp³-hybridized carbons (Fsp3) is 0.172. The lowest BCUT2D eigenvalue weighted by molar-refractivity contribution is 0.0467. The number of aromatic nitrogens is 1. The summed E-state index contributed by atoms with van der Waals surface area (Å²) in [5.74, 6) is 0.112. The van der Waals surface area contributed by atoms with E-state index in [0.717, 1.165) is 35.3 Å². The SMILES string of the molecule is O=C(OCc1ccccc1)c1cc(CNCCc2ccccn2)ccc1OCc1ccccc1. The quantitative estimate of drug-likeness (QED) is 0.246. The highest BCUT2D eigenvalue weighted by atomic mass is 16.5. The predicted molar refractivity (Wildman–Crippen MR) is 132 cm³/mol. The van der Waals surface area contributed by atoms with Crippen molar-refractivity contribution < 1.29 is 14.3 Å². The number of benzene rings is 3. The van der Waals surface area contributed by atoms with Crippen LogP contribution in [0.3, 0.4) is 0 Å². The summed E-state index contributed by atoms with van der Waals surface area (Å²) in [6.45, 7) is 2.01. The molecule has 0 aliphatic heterocycles. The molecule has 0 saturated heterocycles. The number of hydrogen-bond donors (Lipinski definition) is 1. The molecular weight excluding hydrogens is 424 g/mol. The van der Waals surface area contributed by atoms with Crippen molar-refractivity contribution >= 4 is 5.97 Å². The summed E-state index contributed by atoms with van der Waals surface area (Å²) in [7, 11) is 0. The third-order valence-electron chi connectivity index (χ3n) is 5.33. The lowest BCUT2D eigenvalue weighted by Gasteiger charge is -2.14. The second kappa shape index (κ2) is 12.3. The van der Waals surface area contributed by atoms with Crippen LogP contribution in [0.4, 0.5) is 0 Å². The monoisotopic (exact) mass is 452 g/mol. The highest BCUT2D eigenvalue weighted by Gasteiger charge is 2.16. The molecule has 0 radical (unpaired) electrons. The van der Waals surface area contributed by atoms with Crippen LogP contribution in [0.1, 0.15) is 32.7 Å². The van der Waals surface area contributed by atoms with E-state index in [9.17, 15) is 4.79 Å². The van der Waals surface area contributed by atoms with Crippen molar-refractivity contribution in [2.45, 2.75) is 26.2 Å². The topological polar surface area (TPSA) is 60.5 Å². The van der Waals surface area contributed by atoms with Crippen LogP contribution in [0.5, 0.6) is 5.75 Å². The molecule has 1 aromatic heterocycles. The van der Waals surface area contributed by atoms with Gasteiger partial charge in [-0.05, 0) is 41.0 Å². The van der Waals surface area contributed by atoms with Crippen LogP contribution < -0.4 is 10.1 Å². The van der Waals surface area contributed by atoms with Gasteiger partial charge in [-0.2, -0.15) is 0 Å². The minimum atomic E-state index is -0.401. The summed E-state index contributed by atoms with van der Waals surface area (Å²) in [6, 6.07) is 31.1. The van der Waals surface area contributed by atoms with E-state index < -0.39 is 5.97 Å². The predicted octanol–water partition coefficient (Wildman–Crippen LogP) is 5.35. The van der Waals surface area contributed by atoms with Crippen LogP contribution in [0.2, 0.25) is 0 Å². The first-order valence-corrected chi connectivity index (χ1v) is 11.4. The highest BCUT2D eigenvalue weighted by Crippen LogP contribution is 2.23. The lowest BCUT2D eigenvalue weighted by atomic mass is 10.1. The summed E-state index contributed by atoms with van der Waals surface area (Å²) in [5, 5.41) is 3.42. The average molecular weight is 453 g/mol. The van der Waals surface area contributed by atoms with E-state index in [2.05, 4.69) is 10.3 Å². The fourth-order valence-corrected chi connectivity index (χ4v) is 3.50. The lowest BCUT2D eigenvalue weighted by Crippen LogP contribution is -2.17. The molecule has 34 heavy (non-hydrogen) atoms. The van der Waals surface area contributed by atoms with E-state index in [0.29, 0.717) is 24.5 Å². The Kier molecular flexibility index (Phi) is 8.41. The molecule has 0 bridgehead atoms. The number of carbonyl (C=O) groups excluding carboxylic acids is 1. The molecule has 0 aliphatic rings. The molecule has 1 N–H and O–H groups in total. The van der Waals surface area contributed by atoms with Gasteiger partial charge in [0.05, 0.1) is 0 Å². The van der Waals surface area contributed by atoms with Crippen LogP contribution in [0, 0.1) is 0 Å². The number of ether oxygens (including phenoxy) is 2. The molecule has 3 aromatic carbocycles. The van der Waals surface area contributed by atoms with E-state index in [1.165, 1.54) is 0 Å². The van der Waals surface area contributed by atoms with Crippen molar-refractivity contribution in [3.05, 3.63) is 131 Å². The van der Waals surface area contributed by atoms with Crippen LogP contribution >= 0.6 is 0 Å². The van der Waals surface area contributed by atoms with E-state index in [4.69, 9.17) is 9.47 Å². The van der Waals surface area contributed by atoms with Gasteiger partial charge in [-0.25, -0.2) is 4.79 Å². The molecule has 5 heteroatoms. The molecule has 172 valence electrons. The summed E-state index contributed by atoms with van der Waals surface area (Å²) in [6.07, 6.45) is 2.64. The number of carbonyl (C=O) groups is 1. The van der Waals surface area contributed by atoms with Crippen molar-refractivity contribution in [1.29, 1.82) is 0 Å². The standard InChI is InChI=1S/C29H28N2O3/c32-29(34-22-24-11-5-2-6-12-24)27-19-25(20-30-18-16-26-13-7-8-17-31-26)14-15-28(27)33-21-23-9-3-1-4-10-23/h1-15,17,19,30H,16,18,20-22H2. The van der Waals surface area contributed by atoms with Gasteiger partial charge in [-0.1, -0.05) is 72.8 Å². The number of rotatable bonds is 11. The van der Waals surface area contributed by atoms with Gasteiger partial charge < -0.3 is 14.8 Å². The molecule has 0 unspecified atom stereocenters. The third-order valence-corrected chi connectivity index (χ3v) is 5.33. The molecule has 0 fully saturated rings. The van der Waals surface area contributed by atoms with Crippen molar-refractivity contribution in [3.63, 3.8) is 0 Å². The van der Waals surface area contributed by atoms with Gasteiger partial charge in [0.25, 0.3) is 0 Å². The Labute approximate surface area is 200 Å². The van der Waals surface area contributed by atoms with Gasteiger partial charge in [0.1, 0.15) is 24.5 Å². The van der Waals surface area contributed by atoms with Crippen molar-refractivity contribution in [2.75, 3.05) is 6.54 Å². The van der Waals surface area contributed by atoms with Crippen molar-refractivity contribution in [1.82, 2.24) is 10.3 Å². The second-order valence-electron chi connectivity index (χ2n) is 7.91. The molecule has 4 rings (SSSR count). The first-order chi connectivity index (χ1) is 16.8. The van der Waals surface area contributed by atoms with Crippen LogP contribution in [-0.4, -0.2) is 17.5 Å².